The zero-order valence-electron chi connectivity index (χ0n) is 17.4. The number of esters is 1. The van der Waals surface area contributed by atoms with Crippen LogP contribution in [0.3, 0.4) is 0 Å². The van der Waals surface area contributed by atoms with Crippen LogP contribution in [0.25, 0.3) is 0 Å². The van der Waals surface area contributed by atoms with Crippen molar-refractivity contribution in [3.8, 4) is 0 Å². The van der Waals surface area contributed by atoms with E-state index in [1.807, 2.05) is 0 Å². The quantitative estimate of drug-likeness (QED) is 0.501. The molecule has 170 valence electrons. The Morgan fingerprint density at radius 2 is 1.70 bits per heavy atom. The molecule has 9 heteroatoms. The van der Waals surface area contributed by atoms with Gasteiger partial charge in [-0.1, -0.05) is 29.3 Å². The Labute approximate surface area is 200 Å². The molecule has 2 aromatic carbocycles. The van der Waals surface area contributed by atoms with E-state index in [1.54, 1.807) is 18.2 Å². The summed E-state index contributed by atoms with van der Waals surface area (Å²) in [5.41, 5.74) is 0.794. The van der Waals surface area contributed by atoms with Gasteiger partial charge < -0.3 is 10.1 Å². The number of hydrogen-bond donors (Lipinski definition) is 1. The third-order valence-electron chi connectivity index (χ3n) is 6.80. The number of amides is 3. The van der Waals surface area contributed by atoms with Gasteiger partial charge in [0.15, 0.2) is 6.61 Å². The number of imide groups is 1. The number of carbonyl (C=O) groups is 4. The number of nitrogens with zero attached hydrogens (tertiary/aromatic N) is 1. The third-order valence-corrected chi connectivity index (χ3v) is 7.37. The predicted octanol–water partition coefficient (Wildman–Crippen LogP) is 4.32. The van der Waals surface area contributed by atoms with Crippen LogP contribution in [-0.4, -0.2) is 30.3 Å². The Morgan fingerprint density at radius 1 is 1.00 bits per heavy atom. The Balaban J connectivity index is 1.25. The summed E-state index contributed by atoms with van der Waals surface area (Å²) >= 11 is 11.9. The molecule has 0 aromatic heterocycles. The molecule has 33 heavy (non-hydrogen) atoms. The number of anilines is 2. The van der Waals surface area contributed by atoms with Crippen LogP contribution in [0.4, 0.5) is 11.4 Å². The van der Waals surface area contributed by atoms with Crippen LogP contribution < -0.4 is 10.2 Å². The van der Waals surface area contributed by atoms with E-state index in [0.29, 0.717) is 21.4 Å². The minimum absolute atomic E-state index is 0.140. The van der Waals surface area contributed by atoms with Crippen molar-refractivity contribution in [3.63, 3.8) is 0 Å². The van der Waals surface area contributed by atoms with Gasteiger partial charge in [-0.3, -0.25) is 19.3 Å². The van der Waals surface area contributed by atoms with Gasteiger partial charge >= 0.3 is 5.97 Å². The molecule has 1 saturated heterocycles. The van der Waals surface area contributed by atoms with E-state index in [0.717, 1.165) is 19.3 Å². The second kappa shape index (κ2) is 8.47. The first-order valence-corrected chi connectivity index (χ1v) is 11.5. The first-order chi connectivity index (χ1) is 15.8. The van der Waals surface area contributed by atoms with Crippen molar-refractivity contribution in [2.75, 3.05) is 16.8 Å². The Morgan fingerprint density at radius 3 is 2.39 bits per heavy atom. The molecule has 2 saturated carbocycles. The van der Waals surface area contributed by atoms with Gasteiger partial charge in [-0.2, -0.15) is 0 Å². The first-order valence-electron chi connectivity index (χ1n) is 10.7. The highest BCUT2D eigenvalue weighted by Crippen LogP contribution is 2.56. The van der Waals surface area contributed by atoms with Gasteiger partial charge in [-0.25, -0.2) is 4.79 Å². The fraction of sp³-hybridized carbons (Fsp3) is 0.333. The third kappa shape index (κ3) is 3.89. The van der Waals surface area contributed by atoms with Crippen molar-refractivity contribution in [2.24, 2.45) is 23.7 Å². The summed E-state index contributed by atoms with van der Waals surface area (Å²) in [5, 5.41) is 3.22. The molecule has 2 aromatic rings. The molecular weight excluding hydrogens is 467 g/mol. The minimum atomic E-state index is -0.747. The molecule has 0 radical (unpaired) electrons. The molecule has 3 aliphatic rings. The molecular formula is C24H20Cl2N2O5. The summed E-state index contributed by atoms with van der Waals surface area (Å²) in [4.78, 5) is 52.0. The SMILES string of the molecule is O=C(COC(=O)c1cccc(N2C(=O)[C@@H]3[C@H]4CC[C@@H](C4)[C@H]3C2=O)c1)Nc1cc(Cl)ccc1Cl. The van der Waals surface area contributed by atoms with Gasteiger partial charge in [-0.05, 0) is 67.5 Å². The van der Waals surface area contributed by atoms with Crippen LogP contribution in [0, 0.1) is 23.7 Å². The molecule has 1 N–H and O–H groups in total. The normalized spacial score (nSPS) is 25.3. The van der Waals surface area contributed by atoms with Crippen LogP contribution in [0.1, 0.15) is 29.6 Å². The van der Waals surface area contributed by atoms with Crippen LogP contribution in [0.15, 0.2) is 42.5 Å². The van der Waals surface area contributed by atoms with E-state index in [4.69, 9.17) is 27.9 Å². The zero-order chi connectivity index (χ0) is 23.3. The highest BCUT2D eigenvalue weighted by atomic mass is 35.5. The monoisotopic (exact) mass is 486 g/mol. The second-order valence-corrected chi connectivity index (χ2v) is 9.54. The summed E-state index contributed by atoms with van der Waals surface area (Å²) in [5.74, 6) is -1.62. The molecule has 0 spiro atoms. The summed E-state index contributed by atoms with van der Waals surface area (Å²) in [7, 11) is 0. The van der Waals surface area contributed by atoms with E-state index < -0.39 is 18.5 Å². The van der Waals surface area contributed by atoms with Crippen LogP contribution in [-0.2, 0) is 19.1 Å². The zero-order valence-corrected chi connectivity index (χ0v) is 18.9. The number of fused-ring (bicyclic) bond motifs is 5. The molecule has 2 aliphatic carbocycles. The van der Waals surface area contributed by atoms with Crippen molar-refractivity contribution in [2.45, 2.75) is 19.3 Å². The van der Waals surface area contributed by atoms with E-state index in [9.17, 15) is 19.2 Å². The van der Waals surface area contributed by atoms with Gasteiger partial charge in [-0.15, -0.1) is 0 Å². The molecule has 4 atom stereocenters. The highest BCUT2D eigenvalue weighted by molar-refractivity contribution is 6.35. The number of ether oxygens (including phenoxy) is 1. The maximum Gasteiger partial charge on any atom is 0.338 e. The molecule has 1 heterocycles. The number of rotatable bonds is 5. The Hall–Kier alpha value is -2.90. The Kier molecular flexibility index (Phi) is 5.62. The smallest absolute Gasteiger partial charge is 0.338 e. The first kappa shape index (κ1) is 21.9. The van der Waals surface area contributed by atoms with Crippen LogP contribution in [0.2, 0.25) is 10.0 Å². The number of hydrogen-bond acceptors (Lipinski definition) is 5. The standard InChI is InChI=1S/C24H20Cl2N2O5/c25-15-6-7-17(26)18(10-15)27-19(29)11-33-24(32)14-2-1-3-16(9-14)28-22(30)20-12-4-5-13(8-12)21(20)23(28)31/h1-3,6-7,9-10,12-13,20-21H,4-5,8,11H2,(H,27,29)/t12-,13-,20+,21+/m0/s1. The van der Waals surface area contributed by atoms with E-state index in [1.165, 1.54) is 29.2 Å². The molecule has 2 bridgehead atoms. The maximum atomic E-state index is 13.0. The fourth-order valence-electron chi connectivity index (χ4n) is 5.43. The second-order valence-electron chi connectivity index (χ2n) is 8.70. The van der Waals surface area contributed by atoms with Crippen molar-refractivity contribution in [1.82, 2.24) is 0 Å². The molecule has 0 unspecified atom stereocenters. The van der Waals surface area contributed by atoms with E-state index >= 15 is 0 Å². The molecule has 3 fully saturated rings. The lowest BCUT2D eigenvalue weighted by Crippen LogP contribution is -2.32. The van der Waals surface area contributed by atoms with Crippen molar-refractivity contribution >= 4 is 58.3 Å². The molecule has 1 aliphatic heterocycles. The average molecular weight is 487 g/mol. The van der Waals surface area contributed by atoms with Crippen molar-refractivity contribution < 1.29 is 23.9 Å². The van der Waals surface area contributed by atoms with E-state index in [-0.39, 0.29) is 41.0 Å². The lowest BCUT2D eigenvalue weighted by atomic mass is 9.81. The van der Waals surface area contributed by atoms with E-state index in [2.05, 4.69) is 5.32 Å². The summed E-state index contributed by atoms with van der Waals surface area (Å²) in [6, 6.07) is 10.8. The summed E-state index contributed by atoms with van der Waals surface area (Å²) in [6.45, 7) is -0.541. The van der Waals surface area contributed by atoms with Gasteiger partial charge in [0, 0.05) is 5.02 Å². The maximum absolute atomic E-state index is 13.0. The number of benzene rings is 2. The summed E-state index contributed by atoms with van der Waals surface area (Å²) < 4.78 is 5.11. The molecule has 5 rings (SSSR count). The fourth-order valence-corrected chi connectivity index (χ4v) is 5.77. The average Bonchev–Trinajstić information content (AvgIpc) is 3.48. The van der Waals surface area contributed by atoms with Crippen LogP contribution in [0.5, 0.6) is 0 Å². The van der Waals surface area contributed by atoms with Gasteiger partial charge in [0.05, 0.1) is 33.8 Å². The molecule has 3 amide bonds. The predicted molar refractivity (Wildman–Crippen MR) is 122 cm³/mol. The largest absolute Gasteiger partial charge is 0.452 e. The van der Waals surface area contributed by atoms with Gasteiger partial charge in [0.25, 0.3) is 5.91 Å². The Bertz CT molecular complexity index is 1160. The number of nitrogens with one attached hydrogen (secondary N) is 1. The minimum Gasteiger partial charge on any atom is -0.452 e. The number of carbonyl (C=O) groups excluding carboxylic acids is 4. The molecule has 7 nitrogen and oxygen atoms in total. The lowest BCUT2D eigenvalue weighted by Gasteiger charge is -2.19. The summed E-state index contributed by atoms with van der Waals surface area (Å²) in [6.07, 6.45) is 2.94. The lowest BCUT2D eigenvalue weighted by molar-refractivity contribution is -0.123. The van der Waals surface area contributed by atoms with Crippen molar-refractivity contribution in [3.05, 3.63) is 58.1 Å². The topological polar surface area (TPSA) is 92.8 Å². The van der Waals surface area contributed by atoms with Gasteiger partial charge in [0.2, 0.25) is 11.8 Å². The number of halogens is 2. The highest BCUT2D eigenvalue weighted by Gasteiger charge is 2.61. The van der Waals surface area contributed by atoms with Gasteiger partial charge in [0.1, 0.15) is 0 Å². The van der Waals surface area contributed by atoms with Crippen molar-refractivity contribution in [1.29, 1.82) is 0 Å². The van der Waals surface area contributed by atoms with Crippen LogP contribution >= 0.6 is 23.2 Å².